The van der Waals surface area contributed by atoms with E-state index < -0.39 is 11.9 Å². The molecule has 5 nitrogen and oxygen atoms in total. The van der Waals surface area contributed by atoms with Gasteiger partial charge in [0.15, 0.2) is 0 Å². The number of nitrogens with zero attached hydrogens (tertiary/aromatic N) is 2. The van der Waals surface area contributed by atoms with Gasteiger partial charge in [-0.3, -0.25) is 14.6 Å². The molecule has 0 spiro atoms. The van der Waals surface area contributed by atoms with Crippen molar-refractivity contribution in [3.8, 4) is 0 Å². The number of pyridine rings is 1. The summed E-state index contributed by atoms with van der Waals surface area (Å²) in [6, 6.07) is 9.50. The number of amides is 1. The monoisotopic (exact) mass is 284 g/mol. The molecule has 1 aliphatic rings. The van der Waals surface area contributed by atoms with Crippen LogP contribution in [-0.4, -0.2) is 40.0 Å². The lowest BCUT2D eigenvalue weighted by Gasteiger charge is -2.41. The van der Waals surface area contributed by atoms with E-state index in [0.717, 1.165) is 10.8 Å². The van der Waals surface area contributed by atoms with Gasteiger partial charge in [-0.05, 0) is 11.5 Å². The summed E-state index contributed by atoms with van der Waals surface area (Å²) in [4.78, 5) is 29.3. The smallest absolute Gasteiger partial charge is 0.306 e. The number of carbonyl (C=O) groups is 2. The predicted molar refractivity (Wildman–Crippen MR) is 77.9 cm³/mol. The Hall–Kier alpha value is -2.43. The van der Waals surface area contributed by atoms with Gasteiger partial charge in [0.25, 0.3) is 5.91 Å². The molecule has 1 unspecified atom stereocenters. The SMILES string of the molecule is CC(C(=O)O)C1CN(C(=O)c2nccc3ccccc23)C1. The summed E-state index contributed by atoms with van der Waals surface area (Å²) in [7, 11) is 0. The first-order chi connectivity index (χ1) is 10.1. The van der Waals surface area contributed by atoms with Gasteiger partial charge in [-0.25, -0.2) is 0 Å². The molecule has 0 radical (unpaired) electrons. The highest BCUT2D eigenvalue weighted by atomic mass is 16.4. The standard InChI is InChI=1S/C16H16N2O3/c1-10(16(20)21)12-8-18(9-12)15(19)14-13-5-3-2-4-11(13)6-7-17-14/h2-7,10,12H,8-9H2,1H3,(H,20,21). The normalized spacial score (nSPS) is 16.5. The number of aliphatic carboxylic acids is 1. The van der Waals surface area contributed by atoms with Crippen molar-refractivity contribution >= 4 is 22.6 Å². The van der Waals surface area contributed by atoms with Crippen LogP contribution in [0.2, 0.25) is 0 Å². The topological polar surface area (TPSA) is 70.5 Å². The zero-order valence-corrected chi connectivity index (χ0v) is 11.7. The van der Waals surface area contributed by atoms with Crippen LogP contribution in [0.1, 0.15) is 17.4 Å². The molecule has 2 heterocycles. The van der Waals surface area contributed by atoms with Crippen molar-refractivity contribution < 1.29 is 14.7 Å². The van der Waals surface area contributed by atoms with E-state index >= 15 is 0 Å². The minimum absolute atomic E-state index is 0.0291. The highest BCUT2D eigenvalue weighted by Crippen LogP contribution is 2.27. The van der Waals surface area contributed by atoms with E-state index in [9.17, 15) is 9.59 Å². The summed E-state index contributed by atoms with van der Waals surface area (Å²) in [6.45, 7) is 2.65. The first kappa shape index (κ1) is 13.5. The van der Waals surface area contributed by atoms with E-state index in [0.29, 0.717) is 18.8 Å². The minimum atomic E-state index is -0.810. The minimum Gasteiger partial charge on any atom is -0.481 e. The number of hydrogen-bond donors (Lipinski definition) is 1. The Kier molecular flexibility index (Phi) is 3.33. The molecule has 1 aromatic heterocycles. The average molecular weight is 284 g/mol. The quantitative estimate of drug-likeness (QED) is 0.936. The molecule has 1 fully saturated rings. The van der Waals surface area contributed by atoms with Gasteiger partial charge in [0.05, 0.1) is 5.92 Å². The molecule has 0 aliphatic carbocycles. The van der Waals surface area contributed by atoms with Crippen LogP contribution in [0.15, 0.2) is 36.5 Å². The zero-order valence-electron chi connectivity index (χ0n) is 11.7. The van der Waals surface area contributed by atoms with Gasteiger partial charge in [0.1, 0.15) is 5.69 Å². The molecule has 1 amide bonds. The van der Waals surface area contributed by atoms with Crippen LogP contribution < -0.4 is 0 Å². The van der Waals surface area contributed by atoms with Crippen LogP contribution in [0.4, 0.5) is 0 Å². The second kappa shape index (κ2) is 5.16. The third-order valence-corrected chi connectivity index (χ3v) is 4.17. The maximum Gasteiger partial charge on any atom is 0.306 e. The Balaban J connectivity index is 1.79. The molecule has 0 bridgehead atoms. The van der Waals surface area contributed by atoms with Gasteiger partial charge in [-0.2, -0.15) is 0 Å². The summed E-state index contributed by atoms with van der Waals surface area (Å²) in [5.41, 5.74) is 0.439. The van der Waals surface area contributed by atoms with Gasteiger partial charge in [0, 0.05) is 30.6 Å². The summed E-state index contributed by atoms with van der Waals surface area (Å²) in [5.74, 6) is -1.33. The van der Waals surface area contributed by atoms with Crippen molar-refractivity contribution in [1.29, 1.82) is 0 Å². The van der Waals surface area contributed by atoms with Crippen molar-refractivity contribution in [2.24, 2.45) is 11.8 Å². The Labute approximate surface area is 122 Å². The molecule has 3 rings (SSSR count). The van der Waals surface area contributed by atoms with E-state index in [1.54, 1.807) is 18.0 Å². The number of carboxylic acid groups (broad SMARTS) is 1. The van der Waals surface area contributed by atoms with Crippen LogP contribution in [-0.2, 0) is 4.79 Å². The maximum atomic E-state index is 12.5. The molecular formula is C16H16N2O3. The number of carbonyl (C=O) groups excluding carboxylic acids is 1. The lowest BCUT2D eigenvalue weighted by atomic mass is 9.87. The van der Waals surface area contributed by atoms with E-state index in [2.05, 4.69) is 4.98 Å². The second-order valence-corrected chi connectivity index (χ2v) is 5.48. The molecule has 1 aromatic carbocycles. The largest absolute Gasteiger partial charge is 0.481 e. The number of fused-ring (bicyclic) bond motifs is 1. The average Bonchev–Trinajstić information content (AvgIpc) is 2.44. The first-order valence-electron chi connectivity index (χ1n) is 6.93. The second-order valence-electron chi connectivity index (χ2n) is 5.48. The van der Waals surface area contributed by atoms with Crippen LogP contribution in [0.25, 0.3) is 10.8 Å². The lowest BCUT2D eigenvalue weighted by molar-refractivity contribution is -0.144. The van der Waals surface area contributed by atoms with Gasteiger partial charge in [-0.15, -0.1) is 0 Å². The molecule has 1 aliphatic heterocycles. The molecule has 21 heavy (non-hydrogen) atoms. The fraction of sp³-hybridized carbons (Fsp3) is 0.312. The van der Waals surface area contributed by atoms with Crippen LogP contribution >= 0.6 is 0 Å². The maximum absolute atomic E-state index is 12.5. The Morgan fingerprint density at radius 1 is 1.29 bits per heavy atom. The Morgan fingerprint density at radius 3 is 2.71 bits per heavy atom. The third-order valence-electron chi connectivity index (χ3n) is 4.17. The molecule has 5 heteroatoms. The first-order valence-corrected chi connectivity index (χ1v) is 6.93. The van der Waals surface area contributed by atoms with Crippen molar-refractivity contribution in [2.45, 2.75) is 6.92 Å². The predicted octanol–water partition coefficient (Wildman–Crippen LogP) is 2.03. The molecule has 0 saturated carbocycles. The third kappa shape index (κ3) is 2.35. The Bertz CT molecular complexity index is 702. The number of likely N-dealkylation sites (tertiary alicyclic amines) is 1. The number of hydrogen-bond acceptors (Lipinski definition) is 3. The van der Waals surface area contributed by atoms with E-state index in [1.165, 1.54) is 0 Å². The summed E-state index contributed by atoms with van der Waals surface area (Å²) in [6.07, 6.45) is 1.63. The van der Waals surface area contributed by atoms with Gasteiger partial charge in [0.2, 0.25) is 0 Å². The van der Waals surface area contributed by atoms with Crippen LogP contribution in [0.5, 0.6) is 0 Å². The highest BCUT2D eigenvalue weighted by molar-refractivity contribution is 6.05. The van der Waals surface area contributed by atoms with Crippen LogP contribution in [0.3, 0.4) is 0 Å². The summed E-state index contributed by atoms with van der Waals surface area (Å²) in [5, 5.41) is 10.8. The molecule has 108 valence electrons. The van der Waals surface area contributed by atoms with Crippen molar-refractivity contribution in [3.63, 3.8) is 0 Å². The molecule has 2 aromatic rings. The van der Waals surface area contributed by atoms with Crippen LogP contribution in [0, 0.1) is 11.8 Å². The van der Waals surface area contributed by atoms with E-state index in [-0.39, 0.29) is 11.8 Å². The molecular weight excluding hydrogens is 268 g/mol. The number of carboxylic acids is 1. The van der Waals surface area contributed by atoms with E-state index in [4.69, 9.17) is 5.11 Å². The lowest BCUT2D eigenvalue weighted by Crippen LogP contribution is -2.53. The molecule has 1 N–H and O–H groups in total. The number of benzene rings is 1. The highest BCUT2D eigenvalue weighted by Gasteiger charge is 2.38. The fourth-order valence-corrected chi connectivity index (χ4v) is 2.64. The zero-order chi connectivity index (χ0) is 15.0. The molecule has 1 saturated heterocycles. The van der Waals surface area contributed by atoms with Gasteiger partial charge >= 0.3 is 5.97 Å². The summed E-state index contributed by atoms with van der Waals surface area (Å²) < 4.78 is 0. The number of rotatable bonds is 3. The van der Waals surface area contributed by atoms with Gasteiger partial charge < -0.3 is 10.0 Å². The van der Waals surface area contributed by atoms with Gasteiger partial charge in [-0.1, -0.05) is 31.2 Å². The van der Waals surface area contributed by atoms with E-state index in [1.807, 2.05) is 30.3 Å². The van der Waals surface area contributed by atoms with Crippen molar-refractivity contribution in [2.75, 3.05) is 13.1 Å². The number of aromatic nitrogens is 1. The fourth-order valence-electron chi connectivity index (χ4n) is 2.64. The van der Waals surface area contributed by atoms with Crippen molar-refractivity contribution in [1.82, 2.24) is 9.88 Å². The molecule has 1 atom stereocenters. The summed E-state index contributed by atoms with van der Waals surface area (Å²) >= 11 is 0. The Morgan fingerprint density at radius 2 is 2.00 bits per heavy atom. The van der Waals surface area contributed by atoms with Crippen molar-refractivity contribution in [3.05, 3.63) is 42.2 Å².